The summed E-state index contributed by atoms with van der Waals surface area (Å²) in [5.41, 5.74) is 4.46. The molecule has 1 aliphatic carbocycles. The summed E-state index contributed by atoms with van der Waals surface area (Å²) >= 11 is 1.32. The summed E-state index contributed by atoms with van der Waals surface area (Å²) in [5.74, 6) is -0.605. The highest BCUT2D eigenvalue weighted by molar-refractivity contribution is 7.14. The van der Waals surface area contributed by atoms with Crippen molar-refractivity contribution in [2.75, 3.05) is 11.9 Å². The van der Waals surface area contributed by atoms with E-state index in [1.165, 1.54) is 22.5 Å². The number of imide groups is 1. The Labute approximate surface area is 173 Å². The second-order valence-electron chi connectivity index (χ2n) is 8.14. The van der Waals surface area contributed by atoms with Gasteiger partial charge in [-0.15, -0.1) is 11.3 Å². The molecule has 29 heavy (non-hydrogen) atoms. The Morgan fingerprint density at radius 3 is 2.62 bits per heavy atom. The molecule has 4 rings (SSSR count). The zero-order chi connectivity index (χ0) is 20.9. The van der Waals surface area contributed by atoms with E-state index in [1.807, 2.05) is 12.3 Å². The van der Waals surface area contributed by atoms with E-state index in [0.29, 0.717) is 5.13 Å². The normalized spacial score (nSPS) is 21.4. The number of benzene rings is 1. The van der Waals surface area contributed by atoms with Gasteiger partial charge in [0.2, 0.25) is 5.91 Å². The molecule has 1 saturated carbocycles. The molecule has 0 bridgehead atoms. The van der Waals surface area contributed by atoms with Gasteiger partial charge in [-0.3, -0.25) is 14.5 Å². The third kappa shape index (κ3) is 3.53. The topological polar surface area (TPSA) is 91.4 Å². The molecule has 1 aliphatic heterocycles. The average Bonchev–Trinajstić information content (AvgIpc) is 3.38. The predicted octanol–water partition coefficient (Wildman–Crippen LogP) is 3.39. The van der Waals surface area contributed by atoms with Crippen LogP contribution in [0, 0.1) is 26.7 Å². The Bertz CT molecular complexity index is 1030. The summed E-state index contributed by atoms with van der Waals surface area (Å²) < 4.78 is 0. The van der Waals surface area contributed by atoms with Crippen LogP contribution in [0.2, 0.25) is 0 Å². The van der Waals surface area contributed by atoms with Crippen LogP contribution in [0.3, 0.4) is 0 Å². The maximum Gasteiger partial charge on any atom is 0.325 e. The number of nitrogens with zero attached hydrogens (tertiary/aromatic N) is 2. The number of anilines is 1. The van der Waals surface area contributed by atoms with E-state index < -0.39 is 17.5 Å². The fraction of sp³-hybridized carbons (Fsp3) is 0.429. The molecule has 2 aliphatic rings. The molecule has 7 nitrogen and oxygen atoms in total. The van der Waals surface area contributed by atoms with Crippen LogP contribution in [0.15, 0.2) is 17.5 Å². The number of thiazole rings is 1. The highest BCUT2D eigenvalue weighted by Gasteiger charge is 2.56. The molecule has 1 atom stereocenters. The van der Waals surface area contributed by atoms with E-state index in [1.54, 1.807) is 6.92 Å². The van der Waals surface area contributed by atoms with Crippen molar-refractivity contribution in [3.05, 3.63) is 34.2 Å². The fourth-order valence-corrected chi connectivity index (χ4v) is 4.52. The summed E-state index contributed by atoms with van der Waals surface area (Å²) in [5, 5.41) is 7.80. The Hall–Kier alpha value is -2.74. The first-order valence-corrected chi connectivity index (χ1v) is 10.5. The lowest BCUT2D eigenvalue weighted by molar-refractivity contribution is -0.134. The molecule has 2 heterocycles. The van der Waals surface area contributed by atoms with Crippen LogP contribution in [0.5, 0.6) is 0 Å². The zero-order valence-electron chi connectivity index (χ0n) is 17.0. The maximum atomic E-state index is 12.6. The number of amides is 4. The highest BCUT2D eigenvalue weighted by atomic mass is 32.1. The van der Waals surface area contributed by atoms with E-state index >= 15 is 0 Å². The first-order chi connectivity index (χ1) is 13.7. The molecule has 152 valence electrons. The zero-order valence-corrected chi connectivity index (χ0v) is 17.8. The molecule has 2 aromatic rings. The van der Waals surface area contributed by atoms with Crippen molar-refractivity contribution in [2.24, 2.45) is 5.92 Å². The molecule has 1 unspecified atom stereocenters. The summed E-state index contributed by atoms with van der Waals surface area (Å²) in [7, 11) is 0. The summed E-state index contributed by atoms with van der Waals surface area (Å²) in [4.78, 5) is 42.8. The minimum Gasteiger partial charge on any atom is -0.323 e. The minimum atomic E-state index is -0.882. The van der Waals surface area contributed by atoms with Gasteiger partial charge in [0.15, 0.2) is 5.13 Å². The number of carbonyl (C=O) groups is 3. The van der Waals surface area contributed by atoms with Crippen LogP contribution in [-0.2, 0) is 9.59 Å². The van der Waals surface area contributed by atoms with Crippen LogP contribution >= 0.6 is 11.3 Å². The van der Waals surface area contributed by atoms with Gasteiger partial charge in [-0.2, -0.15) is 0 Å². The lowest BCUT2D eigenvalue weighted by Crippen LogP contribution is -2.46. The van der Waals surface area contributed by atoms with Gasteiger partial charge in [-0.05, 0) is 69.2 Å². The molecule has 8 heteroatoms. The second kappa shape index (κ2) is 6.95. The number of nitrogens with one attached hydrogen (secondary N) is 2. The lowest BCUT2D eigenvalue weighted by Gasteiger charge is -2.20. The fourth-order valence-electron chi connectivity index (χ4n) is 3.79. The van der Waals surface area contributed by atoms with Gasteiger partial charge in [0.05, 0.1) is 5.69 Å². The van der Waals surface area contributed by atoms with Gasteiger partial charge in [-0.1, -0.05) is 6.07 Å². The van der Waals surface area contributed by atoms with Crippen LogP contribution in [0.25, 0.3) is 11.3 Å². The van der Waals surface area contributed by atoms with Crippen molar-refractivity contribution in [3.63, 3.8) is 0 Å². The minimum absolute atomic E-state index is 0.162. The second-order valence-corrected chi connectivity index (χ2v) is 8.99. The van der Waals surface area contributed by atoms with E-state index in [-0.39, 0.29) is 18.4 Å². The number of aryl methyl sites for hydroxylation is 3. The van der Waals surface area contributed by atoms with Crippen molar-refractivity contribution >= 4 is 34.3 Å². The molecule has 2 N–H and O–H groups in total. The molecular formula is C21H24N4O3S. The van der Waals surface area contributed by atoms with Crippen LogP contribution < -0.4 is 10.6 Å². The van der Waals surface area contributed by atoms with Crippen LogP contribution in [-0.4, -0.2) is 39.8 Å². The Balaban J connectivity index is 1.44. The van der Waals surface area contributed by atoms with Gasteiger partial charge >= 0.3 is 6.03 Å². The Morgan fingerprint density at radius 2 is 1.93 bits per heavy atom. The first-order valence-electron chi connectivity index (χ1n) is 9.66. The number of hydrogen-bond acceptors (Lipinski definition) is 5. The first kappa shape index (κ1) is 19.6. The SMILES string of the molecule is Cc1cc(C)c(-c2csc(NC(=O)CN3C(=O)NC(C)(C4CC4)C3=O)n2)cc1C. The largest absolute Gasteiger partial charge is 0.325 e. The van der Waals surface area contributed by atoms with Gasteiger partial charge < -0.3 is 10.6 Å². The van der Waals surface area contributed by atoms with Crippen molar-refractivity contribution < 1.29 is 14.4 Å². The highest BCUT2D eigenvalue weighted by Crippen LogP contribution is 2.42. The molecule has 1 saturated heterocycles. The number of hydrogen-bond donors (Lipinski definition) is 2. The van der Waals surface area contributed by atoms with Gasteiger partial charge in [0, 0.05) is 10.9 Å². The number of rotatable bonds is 5. The van der Waals surface area contributed by atoms with Crippen molar-refractivity contribution in [3.8, 4) is 11.3 Å². The van der Waals surface area contributed by atoms with E-state index in [0.717, 1.165) is 34.6 Å². The Morgan fingerprint density at radius 1 is 1.24 bits per heavy atom. The van der Waals surface area contributed by atoms with E-state index in [4.69, 9.17) is 0 Å². The third-order valence-corrected chi connectivity index (χ3v) is 6.62. The molecule has 1 aromatic heterocycles. The van der Waals surface area contributed by atoms with Crippen LogP contribution in [0.1, 0.15) is 36.5 Å². The van der Waals surface area contributed by atoms with Crippen molar-refractivity contribution in [2.45, 2.75) is 46.1 Å². The van der Waals surface area contributed by atoms with Gasteiger partial charge in [0.25, 0.3) is 5.91 Å². The number of carbonyl (C=O) groups excluding carboxylic acids is 3. The molecule has 2 fully saturated rings. The van der Waals surface area contributed by atoms with Crippen LogP contribution in [0.4, 0.5) is 9.93 Å². The summed E-state index contributed by atoms with van der Waals surface area (Å²) in [6.07, 6.45) is 1.84. The van der Waals surface area contributed by atoms with E-state index in [2.05, 4.69) is 41.6 Å². The molecule has 4 amide bonds. The number of aromatic nitrogens is 1. The summed E-state index contributed by atoms with van der Waals surface area (Å²) in [6.45, 7) is 7.59. The quantitative estimate of drug-likeness (QED) is 0.737. The lowest BCUT2D eigenvalue weighted by atomic mass is 9.96. The number of urea groups is 1. The van der Waals surface area contributed by atoms with Crippen molar-refractivity contribution in [1.82, 2.24) is 15.2 Å². The standard InChI is InChI=1S/C21H24N4O3S/c1-11-7-13(3)15(8-12(11)2)16-10-29-19(22-16)23-17(26)9-25-18(27)21(4,14-5-6-14)24-20(25)28/h7-8,10,14H,5-6,9H2,1-4H3,(H,24,28)(H,22,23,26). The van der Waals surface area contributed by atoms with Crippen molar-refractivity contribution in [1.29, 1.82) is 0 Å². The summed E-state index contributed by atoms with van der Waals surface area (Å²) in [6, 6.07) is 3.71. The Kier molecular flexibility index (Phi) is 4.69. The molecular weight excluding hydrogens is 388 g/mol. The molecule has 0 spiro atoms. The van der Waals surface area contributed by atoms with Gasteiger partial charge in [0.1, 0.15) is 12.1 Å². The van der Waals surface area contributed by atoms with E-state index in [9.17, 15) is 14.4 Å². The maximum absolute atomic E-state index is 12.6. The molecule has 0 radical (unpaired) electrons. The molecule has 1 aromatic carbocycles. The predicted molar refractivity (Wildman–Crippen MR) is 112 cm³/mol. The van der Waals surface area contributed by atoms with Gasteiger partial charge in [-0.25, -0.2) is 9.78 Å². The smallest absolute Gasteiger partial charge is 0.323 e. The third-order valence-electron chi connectivity index (χ3n) is 5.86. The average molecular weight is 413 g/mol. The monoisotopic (exact) mass is 412 g/mol.